The molecule has 4 rings (SSSR count). The number of halogens is 1. The van der Waals surface area contributed by atoms with Crippen LogP contribution in [-0.2, 0) is 13.1 Å². The van der Waals surface area contributed by atoms with Crippen LogP contribution in [0.25, 0.3) is 0 Å². The van der Waals surface area contributed by atoms with Gasteiger partial charge in [-0.3, -0.25) is 4.79 Å². The van der Waals surface area contributed by atoms with E-state index < -0.39 is 5.82 Å². The minimum absolute atomic E-state index is 0.163. The maximum atomic E-state index is 14.4. The van der Waals surface area contributed by atoms with Crippen molar-refractivity contribution < 1.29 is 9.18 Å². The second-order valence-corrected chi connectivity index (χ2v) is 7.82. The number of carbonyl (C=O) groups excluding carboxylic acids is 1. The molecule has 3 aromatic rings. The molecule has 1 heterocycles. The molecule has 0 saturated heterocycles. The predicted octanol–water partition coefficient (Wildman–Crippen LogP) is 5.65. The number of amides is 1. The monoisotopic (exact) mass is 390 g/mol. The van der Waals surface area contributed by atoms with Crippen LogP contribution in [0.4, 0.5) is 4.39 Å². The summed E-state index contributed by atoms with van der Waals surface area (Å²) in [5, 5.41) is 0. The summed E-state index contributed by atoms with van der Waals surface area (Å²) in [4.78, 5) is 15.2. The normalized spacial score (nSPS) is 14.7. The van der Waals surface area contributed by atoms with Gasteiger partial charge in [-0.25, -0.2) is 4.39 Å². The van der Waals surface area contributed by atoms with Crippen LogP contribution >= 0.6 is 0 Å². The summed E-state index contributed by atoms with van der Waals surface area (Å²) in [6.45, 7) is 1.26. The average Bonchev–Trinajstić information content (AvgIpc) is 3.20. The van der Waals surface area contributed by atoms with Crippen molar-refractivity contribution in [2.24, 2.45) is 0 Å². The van der Waals surface area contributed by atoms with Crippen LogP contribution in [0, 0.1) is 5.82 Å². The van der Waals surface area contributed by atoms with Crippen LogP contribution in [0.15, 0.2) is 72.9 Å². The van der Waals surface area contributed by atoms with Gasteiger partial charge in [-0.15, -0.1) is 0 Å². The van der Waals surface area contributed by atoms with E-state index in [0.717, 1.165) is 37.9 Å². The van der Waals surface area contributed by atoms with Crippen molar-refractivity contribution in [2.45, 2.75) is 51.2 Å². The van der Waals surface area contributed by atoms with Crippen LogP contribution in [0.3, 0.4) is 0 Å². The lowest BCUT2D eigenvalue weighted by molar-refractivity contribution is 0.0604. The average molecular weight is 391 g/mol. The van der Waals surface area contributed by atoms with Crippen LogP contribution in [0.2, 0.25) is 0 Å². The topological polar surface area (TPSA) is 25.2 Å². The fraction of sp³-hybridized carbons (Fsp3) is 0.320. The number of rotatable bonds is 6. The Bertz CT molecular complexity index is 944. The highest BCUT2D eigenvalue weighted by Gasteiger charge is 2.28. The van der Waals surface area contributed by atoms with Gasteiger partial charge in [-0.2, -0.15) is 0 Å². The van der Waals surface area contributed by atoms with Gasteiger partial charge in [0.25, 0.3) is 5.91 Å². The van der Waals surface area contributed by atoms with Gasteiger partial charge in [0.1, 0.15) is 5.82 Å². The number of benzene rings is 2. The molecular formula is C25H27FN2O. The quantitative estimate of drug-likeness (QED) is 0.534. The second kappa shape index (κ2) is 9.08. The third kappa shape index (κ3) is 4.58. The van der Waals surface area contributed by atoms with E-state index >= 15 is 0 Å². The number of aromatic nitrogens is 1. The minimum atomic E-state index is -0.446. The van der Waals surface area contributed by atoms with Crippen molar-refractivity contribution in [1.82, 2.24) is 9.47 Å². The fourth-order valence-corrected chi connectivity index (χ4v) is 4.25. The number of nitrogens with zero attached hydrogens (tertiary/aromatic N) is 2. The lowest BCUT2D eigenvalue weighted by atomic mass is 9.93. The summed E-state index contributed by atoms with van der Waals surface area (Å²) in [5.41, 5.74) is 2.46. The molecule has 2 aromatic carbocycles. The number of hydrogen-bond donors (Lipinski definition) is 0. The van der Waals surface area contributed by atoms with Gasteiger partial charge in [0.2, 0.25) is 0 Å². The van der Waals surface area contributed by atoms with Gasteiger partial charge < -0.3 is 9.47 Å². The molecule has 0 spiro atoms. The van der Waals surface area contributed by atoms with Gasteiger partial charge in [-0.05, 0) is 42.7 Å². The Kier molecular flexibility index (Phi) is 6.09. The zero-order chi connectivity index (χ0) is 20.1. The Labute approximate surface area is 171 Å². The Morgan fingerprint density at radius 2 is 1.66 bits per heavy atom. The largest absolute Gasteiger partial charge is 0.345 e. The van der Waals surface area contributed by atoms with Crippen molar-refractivity contribution in [3.63, 3.8) is 0 Å². The summed E-state index contributed by atoms with van der Waals surface area (Å²) in [6, 6.07) is 20.9. The molecule has 1 aliphatic rings. The summed E-state index contributed by atoms with van der Waals surface area (Å²) in [6.07, 6.45) is 7.48. The molecule has 3 nitrogen and oxygen atoms in total. The molecule has 29 heavy (non-hydrogen) atoms. The fourth-order valence-electron chi connectivity index (χ4n) is 4.25. The van der Waals surface area contributed by atoms with Crippen LogP contribution in [0.5, 0.6) is 0 Å². The zero-order valence-electron chi connectivity index (χ0n) is 16.6. The predicted molar refractivity (Wildman–Crippen MR) is 113 cm³/mol. The van der Waals surface area contributed by atoms with Crippen LogP contribution < -0.4 is 0 Å². The van der Waals surface area contributed by atoms with Crippen molar-refractivity contribution in [1.29, 1.82) is 0 Å². The van der Waals surface area contributed by atoms with E-state index in [0.29, 0.717) is 6.54 Å². The molecule has 1 amide bonds. The van der Waals surface area contributed by atoms with Crippen LogP contribution in [0.1, 0.15) is 53.7 Å². The van der Waals surface area contributed by atoms with E-state index in [-0.39, 0.29) is 17.5 Å². The summed E-state index contributed by atoms with van der Waals surface area (Å²) >= 11 is 0. The van der Waals surface area contributed by atoms with Gasteiger partial charge >= 0.3 is 0 Å². The molecule has 1 fully saturated rings. The van der Waals surface area contributed by atoms with Gasteiger partial charge in [0.15, 0.2) is 0 Å². The lowest BCUT2D eigenvalue weighted by Gasteiger charge is -2.35. The number of hydrogen-bond acceptors (Lipinski definition) is 1. The van der Waals surface area contributed by atoms with E-state index in [1.807, 2.05) is 29.2 Å². The van der Waals surface area contributed by atoms with Crippen molar-refractivity contribution >= 4 is 5.91 Å². The molecule has 1 aliphatic carbocycles. The van der Waals surface area contributed by atoms with Crippen molar-refractivity contribution in [3.8, 4) is 0 Å². The highest BCUT2D eigenvalue weighted by molar-refractivity contribution is 5.94. The molecule has 0 unspecified atom stereocenters. The molecule has 150 valence electrons. The molecule has 4 heteroatoms. The Morgan fingerprint density at radius 3 is 2.41 bits per heavy atom. The van der Waals surface area contributed by atoms with E-state index in [1.165, 1.54) is 18.1 Å². The first-order valence-corrected chi connectivity index (χ1v) is 10.5. The van der Waals surface area contributed by atoms with Crippen LogP contribution in [-0.4, -0.2) is 21.4 Å². The van der Waals surface area contributed by atoms with Gasteiger partial charge in [0.05, 0.1) is 12.1 Å². The molecule has 1 aromatic heterocycles. The van der Waals surface area contributed by atoms with E-state index in [1.54, 1.807) is 18.2 Å². The number of carbonyl (C=O) groups is 1. The molecule has 0 radical (unpaired) electrons. The third-order valence-electron chi connectivity index (χ3n) is 5.83. The molecule has 0 atom stereocenters. The summed E-state index contributed by atoms with van der Waals surface area (Å²) < 4.78 is 16.5. The van der Waals surface area contributed by atoms with E-state index in [2.05, 4.69) is 29.0 Å². The first kappa shape index (κ1) is 19.4. The van der Waals surface area contributed by atoms with E-state index in [4.69, 9.17) is 0 Å². The SMILES string of the molecule is O=C(c1ccccc1F)N(Cc1cccn1Cc1ccccc1)C1CCCCC1. The Balaban J connectivity index is 1.60. The molecule has 1 saturated carbocycles. The maximum absolute atomic E-state index is 14.4. The Hall–Kier alpha value is -2.88. The summed E-state index contributed by atoms with van der Waals surface area (Å²) in [5.74, 6) is -0.652. The smallest absolute Gasteiger partial charge is 0.257 e. The second-order valence-electron chi connectivity index (χ2n) is 7.82. The van der Waals surface area contributed by atoms with Gasteiger partial charge in [0, 0.05) is 24.5 Å². The molecular weight excluding hydrogens is 363 g/mol. The molecule has 0 aliphatic heterocycles. The highest BCUT2D eigenvalue weighted by Crippen LogP contribution is 2.26. The zero-order valence-corrected chi connectivity index (χ0v) is 16.6. The summed E-state index contributed by atoms with van der Waals surface area (Å²) in [7, 11) is 0. The minimum Gasteiger partial charge on any atom is -0.345 e. The first-order chi connectivity index (χ1) is 14.2. The maximum Gasteiger partial charge on any atom is 0.257 e. The van der Waals surface area contributed by atoms with Crippen molar-refractivity contribution in [3.05, 3.63) is 95.6 Å². The molecule has 0 bridgehead atoms. The molecule has 0 N–H and O–H groups in total. The van der Waals surface area contributed by atoms with Gasteiger partial charge in [-0.1, -0.05) is 61.7 Å². The van der Waals surface area contributed by atoms with Crippen molar-refractivity contribution in [2.75, 3.05) is 0 Å². The standard InChI is InChI=1S/C25H27FN2O/c26-24-16-8-7-15-23(24)25(29)28(21-12-5-2-6-13-21)19-22-14-9-17-27(22)18-20-10-3-1-4-11-20/h1,3-4,7-11,14-17,21H,2,5-6,12-13,18-19H2. The third-order valence-corrected chi connectivity index (χ3v) is 5.83. The first-order valence-electron chi connectivity index (χ1n) is 10.5. The van der Waals surface area contributed by atoms with E-state index in [9.17, 15) is 9.18 Å². The highest BCUT2D eigenvalue weighted by atomic mass is 19.1. The Morgan fingerprint density at radius 1 is 0.931 bits per heavy atom. The lowest BCUT2D eigenvalue weighted by Crippen LogP contribution is -2.41.